The highest BCUT2D eigenvalue weighted by atomic mass is 16.3. The van der Waals surface area contributed by atoms with Crippen molar-refractivity contribution in [2.24, 2.45) is 0 Å². The molecule has 0 atom stereocenters. The Hall–Kier alpha value is -0.940. The summed E-state index contributed by atoms with van der Waals surface area (Å²) in [5.41, 5.74) is 0.558. The maximum atomic E-state index is 10.9. The monoisotopic (exact) mass is 304 g/mol. The molecule has 2 N–H and O–H groups in total. The molecule has 0 bridgehead atoms. The van der Waals surface area contributed by atoms with Gasteiger partial charge in [-0.25, -0.2) is 0 Å². The molecular weight excluding hydrogens is 276 g/mol. The van der Waals surface area contributed by atoms with Crippen LogP contribution in [0.5, 0.6) is 0 Å². The van der Waals surface area contributed by atoms with Crippen molar-refractivity contribution in [3.63, 3.8) is 0 Å². The number of rotatable bonds is 2. The van der Waals surface area contributed by atoms with Gasteiger partial charge in [-0.15, -0.1) is 0 Å². The van der Waals surface area contributed by atoms with Gasteiger partial charge >= 0.3 is 0 Å². The molecule has 0 spiro atoms. The van der Waals surface area contributed by atoms with Crippen LogP contribution in [0.3, 0.4) is 0 Å². The smallest absolute Gasteiger partial charge is 0.0920 e. The summed E-state index contributed by atoms with van der Waals surface area (Å²) in [5, 5.41) is 21.7. The fourth-order valence-corrected chi connectivity index (χ4v) is 3.64. The van der Waals surface area contributed by atoms with Crippen molar-refractivity contribution in [3.05, 3.63) is 35.4 Å². The summed E-state index contributed by atoms with van der Waals surface area (Å²) in [7, 11) is 4.19. The second-order valence-corrected chi connectivity index (χ2v) is 7.25. The zero-order chi connectivity index (χ0) is 15.8. The zero-order valence-electron chi connectivity index (χ0n) is 13.8. The van der Waals surface area contributed by atoms with Crippen molar-refractivity contribution in [2.75, 3.05) is 40.3 Å². The summed E-state index contributed by atoms with van der Waals surface area (Å²) < 4.78 is 0. The molecule has 2 heterocycles. The van der Waals surface area contributed by atoms with Gasteiger partial charge in [0.1, 0.15) is 0 Å². The van der Waals surface area contributed by atoms with Gasteiger partial charge in [0.05, 0.1) is 11.2 Å². The number of hydrogen-bond acceptors (Lipinski definition) is 4. The Kier molecular flexibility index (Phi) is 4.29. The van der Waals surface area contributed by atoms with E-state index in [4.69, 9.17) is 0 Å². The summed E-state index contributed by atoms with van der Waals surface area (Å²) in [5.74, 6) is 0. The van der Waals surface area contributed by atoms with Crippen molar-refractivity contribution in [1.29, 1.82) is 0 Å². The zero-order valence-corrected chi connectivity index (χ0v) is 13.8. The van der Waals surface area contributed by atoms with Gasteiger partial charge in [0.15, 0.2) is 0 Å². The number of aliphatic hydroxyl groups is 2. The number of likely N-dealkylation sites (tertiary alicyclic amines) is 2. The first-order valence-electron chi connectivity index (χ1n) is 8.34. The first-order chi connectivity index (χ1) is 10.4. The second kappa shape index (κ2) is 5.93. The number of piperidine rings is 2. The molecule has 2 fully saturated rings. The fourth-order valence-electron chi connectivity index (χ4n) is 3.64. The highest BCUT2D eigenvalue weighted by molar-refractivity contribution is 5.31. The van der Waals surface area contributed by atoms with Gasteiger partial charge in [-0.2, -0.15) is 0 Å². The number of hydrogen-bond donors (Lipinski definition) is 2. The van der Waals surface area contributed by atoms with Crippen LogP contribution < -0.4 is 0 Å². The van der Waals surface area contributed by atoms with E-state index >= 15 is 0 Å². The Morgan fingerprint density at radius 2 is 0.955 bits per heavy atom. The predicted molar refractivity (Wildman–Crippen MR) is 87.7 cm³/mol. The summed E-state index contributed by atoms with van der Waals surface area (Å²) >= 11 is 0. The van der Waals surface area contributed by atoms with Crippen molar-refractivity contribution < 1.29 is 10.2 Å². The number of nitrogens with zero attached hydrogens (tertiary/aromatic N) is 2. The Morgan fingerprint density at radius 1 is 0.682 bits per heavy atom. The van der Waals surface area contributed by atoms with Gasteiger partial charge in [-0.3, -0.25) is 0 Å². The van der Waals surface area contributed by atoms with Crippen LogP contribution in [-0.4, -0.2) is 60.3 Å². The van der Waals surface area contributed by atoms with Gasteiger partial charge in [-0.05, 0) is 50.9 Å². The average Bonchev–Trinajstić information content (AvgIpc) is 2.54. The quantitative estimate of drug-likeness (QED) is 0.869. The largest absolute Gasteiger partial charge is 0.385 e. The summed E-state index contributed by atoms with van der Waals surface area (Å²) in [6.45, 7) is 3.70. The Bertz CT molecular complexity index is 451. The normalized spacial score (nSPS) is 26.0. The van der Waals surface area contributed by atoms with E-state index in [2.05, 4.69) is 23.9 Å². The average molecular weight is 304 g/mol. The van der Waals surface area contributed by atoms with Gasteiger partial charge in [-0.1, -0.05) is 24.3 Å². The van der Waals surface area contributed by atoms with Crippen molar-refractivity contribution in [1.82, 2.24) is 9.80 Å². The van der Waals surface area contributed by atoms with E-state index in [1.807, 2.05) is 24.3 Å². The lowest BCUT2D eigenvalue weighted by molar-refractivity contribution is -0.0234. The molecule has 122 valence electrons. The molecule has 0 unspecified atom stereocenters. The lowest BCUT2D eigenvalue weighted by Crippen LogP contribution is -2.41. The van der Waals surface area contributed by atoms with Crippen molar-refractivity contribution in [3.8, 4) is 0 Å². The third-order valence-electron chi connectivity index (χ3n) is 5.59. The molecule has 22 heavy (non-hydrogen) atoms. The molecule has 2 aliphatic rings. The van der Waals surface area contributed by atoms with Crippen LogP contribution in [0.15, 0.2) is 24.3 Å². The molecule has 0 amide bonds. The molecule has 1 aromatic rings. The lowest BCUT2D eigenvalue weighted by atomic mass is 9.81. The number of benzene rings is 1. The van der Waals surface area contributed by atoms with E-state index in [9.17, 15) is 10.2 Å². The predicted octanol–water partition coefficient (Wildman–Crippen LogP) is 1.51. The van der Waals surface area contributed by atoms with E-state index < -0.39 is 11.2 Å². The molecule has 2 aliphatic heterocycles. The minimum absolute atomic E-state index is 0.708. The molecule has 3 rings (SSSR count). The molecule has 4 heteroatoms. The van der Waals surface area contributed by atoms with Crippen LogP contribution in [0.4, 0.5) is 0 Å². The first kappa shape index (κ1) is 15.9. The van der Waals surface area contributed by atoms with Crippen LogP contribution in [-0.2, 0) is 11.2 Å². The topological polar surface area (TPSA) is 46.9 Å². The van der Waals surface area contributed by atoms with Crippen LogP contribution >= 0.6 is 0 Å². The van der Waals surface area contributed by atoms with E-state index in [0.717, 1.165) is 63.0 Å². The minimum atomic E-state index is -0.708. The Morgan fingerprint density at radius 3 is 1.23 bits per heavy atom. The van der Waals surface area contributed by atoms with E-state index in [1.54, 1.807) is 0 Å². The summed E-state index contributed by atoms with van der Waals surface area (Å²) in [6.07, 6.45) is 3.10. The van der Waals surface area contributed by atoms with Gasteiger partial charge in [0.25, 0.3) is 0 Å². The van der Waals surface area contributed by atoms with E-state index in [1.165, 1.54) is 0 Å². The van der Waals surface area contributed by atoms with Crippen LogP contribution in [0.1, 0.15) is 36.8 Å². The second-order valence-electron chi connectivity index (χ2n) is 7.25. The third kappa shape index (κ3) is 3.06. The van der Waals surface area contributed by atoms with Crippen molar-refractivity contribution in [2.45, 2.75) is 36.9 Å². The maximum absolute atomic E-state index is 10.9. The molecule has 0 saturated carbocycles. The minimum Gasteiger partial charge on any atom is -0.385 e. The molecule has 0 radical (unpaired) electrons. The van der Waals surface area contributed by atoms with Crippen LogP contribution in [0, 0.1) is 0 Å². The fraction of sp³-hybridized carbons (Fsp3) is 0.667. The molecule has 1 aromatic carbocycles. The van der Waals surface area contributed by atoms with E-state index in [0.29, 0.717) is 0 Å². The molecule has 0 aromatic heterocycles. The third-order valence-corrected chi connectivity index (χ3v) is 5.59. The highest BCUT2D eigenvalue weighted by Gasteiger charge is 2.35. The summed E-state index contributed by atoms with van der Waals surface area (Å²) in [4.78, 5) is 4.51. The van der Waals surface area contributed by atoms with E-state index in [-0.39, 0.29) is 0 Å². The standard InChI is InChI=1S/C18H28N2O2/c1-19-11-7-17(21,8-12-19)15-3-5-16(6-4-15)18(22)9-13-20(2)14-10-18/h3-6,21-22H,7-14H2,1-2H3. The summed E-state index contributed by atoms with van der Waals surface area (Å²) in [6, 6.07) is 8.04. The van der Waals surface area contributed by atoms with Crippen LogP contribution in [0.25, 0.3) is 0 Å². The maximum Gasteiger partial charge on any atom is 0.0920 e. The van der Waals surface area contributed by atoms with Crippen LogP contribution in [0.2, 0.25) is 0 Å². The first-order valence-corrected chi connectivity index (χ1v) is 8.34. The van der Waals surface area contributed by atoms with Gasteiger partial charge in [0, 0.05) is 26.2 Å². The Balaban J connectivity index is 1.75. The molecule has 4 nitrogen and oxygen atoms in total. The molecule has 0 aliphatic carbocycles. The lowest BCUT2D eigenvalue weighted by Gasteiger charge is -2.38. The van der Waals surface area contributed by atoms with Gasteiger partial charge in [0.2, 0.25) is 0 Å². The van der Waals surface area contributed by atoms with Gasteiger partial charge < -0.3 is 20.0 Å². The molecular formula is C18H28N2O2. The van der Waals surface area contributed by atoms with Crippen molar-refractivity contribution >= 4 is 0 Å². The highest BCUT2D eigenvalue weighted by Crippen LogP contribution is 2.36. The molecule has 2 saturated heterocycles. The SMILES string of the molecule is CN1CCC(O)(c2ccc(C3(O)CCN(C)CC3)cc2)CC1. The Labute approximate surface area is 133 Å².